The number of ether oxygens (including phenoxy) is 1. The number of hydrogen-bond donors (Lipinski definition) is 5. The minimum Gasteiger partial charge on any atom is -0.504 e. The third-order valence-electron chi connectivity index (χ3n) is 2.17. The summed E-state index contributed by atoms with van der Waals surface area (Å²) >= 11 is 17.4. The number of carboxylic acid groups (broad SMARTS) is 1. The minimum absolute atomic E-state index is 0.0523. The Morgan fingerprint density at radius 2 is 1.42 bits per heavy atom. The van der Waals surface area contributed by atoms with Gasteiger partial charge in [-0.1, -0.05) is 34.8 Å². The highest BCUT2D eigenvalue weighted by molar-refractivity contribution is 6.35. The van der Waals surface area contributed by atoms with E-state index in [0.29, 0.717) is 20.8 Å². The SMILES string of the molecule is O=C(O)CO.OO.Oc1cc(Cl)ccc1Oc1ccc(Cl)cc1Cl. The van der Waals surface area contributed by atoms with Gasteiger partial charge in [0.2, 0.25) is 0 Å². The van der Waals surface area contributed by atoms with Gasteiger partial charge in [-0.3, -0.25) is 10.5 Å². The van der Waals surface area contributed by atoms with Crippen LogP contribution in [0.1, 0.15) is 0 Å². The van der Waals surface area contributed by atoms with Crippen LogP contribution < -0.4 is 4.74 Å². The number of aromatic hydroxyl groups is 1. The molecule has 0 fully saturated rings. The maximum atomic E-state index is 9.62. The molecule has 0 bridgehead atoms. The highest BCUT2D eigenvalue weighted by Crippen LogP contribution is 2.36. The lowest BCUT2D eigenvalue weighted by Crippen LogP contribution is -1.98. The zero-order chi connectivity index (χ0) is 18.7. The van der Waals surface area contributed by atoms with Gasteiger partial charge in [0.15, 0.2) is 11.5 Å². The summed E-state index contributed by atoms with van der Waals surface area (Å²) in [6, 6.07) is 9.39. The van der Waals surface area contributed by atoms with Gasteiger partial charge >= 0.3 is 5.97 Å². The van der Waals surface area contributed by atoms with Gasteiger partial charge in [-0.25, -0.2) is 4.79 Å². The number of halogens is 3. The highest BCUT2D eigenvalue weighted by atomic mass is 35.5. The monoisotopic (exact) mass is 398 g/mol. The van der Waals surface area contributed by atoms with E-state index in [-0.39, 0.29) is 11.5 Å². The van der Waals surface area contributed by atoms with E-state index in [0.717, 1.165) is 0 Å². The predicted octanol–water partition coefficient (Wildman–Crippen LogP) is 4.23. The Kier molecular flexibility index (Phi) is 10.9. The van der Waals surface area contributed by atoms with E-state index in [9.17, 15) is 5.11 Å². The third kappa shape index (κ3) is 8.21. The van der Waals surface area contributed by atoms with E-state index in [1.807, 2.05) is 0 Å². The molecule has 0 saturated carbocycles. The van der Waals surface area contributed by atoms with Crippen LogP contribution in [-0.4, -0.2) is 38.4 Å². The summed E-state index contributed by atoms with van der Waals surface area (Å²) in [7, 11) is 0. The van der Waals surface area contributed by atoms with E-state index in [4.69, 9.17) is 65.1 Å². The molecule has 0 heterocycles. The molecule has 0 amide bonds. The molecule has 0 atom stereocenters. The summed E-state index contributed by atoms with van der Waals surface area (Å²) in [5.74, 6) is -0.555. The first-order valence-corrected chi connectivity index (χ1v) is 7.11. The molecule has 132 valence electrons. The summed E-state index contributed by atoms with van der Waals surface area (Å²) in [5.41, 5.74) is 0. The number of carbonyl (C=O) groups is 1. The number of phenols is 1. The molecule has 0 saturated heterocycles. The van der Waals surface area contributed by atoms with Crippen molar-refractivity contribution in [2.75, 3.05) is 6.61 Å². The minimum atomic E-state index is -1.19. The first-order chi connectivity index (χ1) is 11.3. The van der Waals surface area contributed by atoms with Crippen LogP contribution in [0.2, 0.25) is 15.1 Å². The second-order valence-electron chi connectivity index (χ2n) is 3.84. The molecule has 24 heavy (non-hydrogen) atoms. The lowest BCUT2D eigenvalue weighted by Gasteiger charge is -2.09. The largest absolute Gasteiger partial charge is 0.504 e. The van der Waals surface area contributed by atoms with Gasteiger partial charge in [-0.15, -0.1) is 0 Å². The lowest BCUT2D eigenvalue weighted by atomic mass is 10.3. The quantitative estimate of drug-likeness (QED) is 0.386. The van der Waals surface area contributed by atoms with Crippen molar-refractivity contribution >= 4 is 40.8 Å². The zero-order valence-corrected chi connectivity index (χ0v) is 14.1. The second kappa shape index (κ2) is 11.7. The number of aliphatic carboxylic acids is 1. The molecule has 0 spiro atoms. The Bertz CT molecular complexity index is 615. The lowest BCUT2D eigenvalue weighted by molar-refractivity contribution is -0.176. The fraction of sp³-hybridized carbons (Fsp3) is 0.0714. The maximum Gasteiger partial charge on any atom is 0.329 e. The molecular formula is C14H13Cl3O7. The van der Waals surface area contributed by atoms with Crippen LogP contribution in [0.5, 0.6) is 17.2 Å². The van der Waals surface area contributed by atoms with Crippen molar-refractivity contribution in [2.24, 2.45) is 0 Å². The average Bonchev–Trinajstić information content (AvgIpc) is 2.54. The first-order valence-electron chi connectivity index (χ1n) is 5.97. The van der Waals surface area contributed by atoms with Crippen LogP contribution in [0.4, 0.5) is 0 Å². The molecule has 0 unspecified atom stereocenters. The standard InChI is InChI=1S/C12H7Cl3O2.C2H4O3.H2O2/c13-7-1-3-11(9(15)5-7)17-12-4-2-8(14)6-10(12)16;3-1-2(4)5;1-2/h1-6,16H;3H,1H2,(H,4,5);1-2H. The fourth-order valence-electron chi connectivity index (χ4n) is 1.25. The molecule has 0 aliphatic heterocycles. The summed E-state index contributed by atoms with van der Waals surface area (Å²) in [4.78, 5) is 9.12. The molecule has 0 aromatic heterocycles. The third-order valence-corrected chi connectivity index (χ3v) is 2.94. The number of hydrogen-bond acceptors (Lipinski definition) is 6. The Morgan fingerprint density at radius 3 is 1.83 bits per heavy atom. The number of rotatable bonds is 3. The number of aliphatic hydroxyl groups excluding tert-OH is 1. The Balaban J connectivity index is 0.000000650. The topological polar surface area (TPSA) is 127 Å². The smallest absolute Gasteiger partial charge is 0.329 e. The van der Waals surface area contributed by atoms with Crippen molar-refractivity contribution in [3.8, 4) is 17.2 Å². The second-order valence-corrected chi connectivity index (χ2v) is 5.12. The van der Waals surface area contributed by atoms with Gasteiger partial charge in [-0.05, 0) is 30.3 Å². The molecule has 2 rings (SSSR count). The molecular weight excluding hydrogens is 387 g/mol. The molecule has 0 aliphatic carbocycles. The van der Waals surface area contributed by atoms with Crippen molar-refractivity contribution < 1.29 is 35.4 Å². The molecule has 0 aliphatic rings. The zero-order valence-electron chi connectivity index (χ0n) is 11.9. The Hall–Kier alpha value is -1.74. The van der Waals surface area contributed by atoms with Crippen molar-refractivity contribution in [3.05, 3.63) is 51.5 Å². The summed E-state index contributed by atoms with van der Waals surface area (Å²) < 4.78 is 5.45. The molecule has 7 nitrogen and oxygen atoms in total. The fourth-order valence-corrected chi connectivity index (χ4v) is 1.87. The molecule has 0 radical (unpaired) electrons. The van der Waals surface area contributed by atoms with Crippen LogP contribution in [-0.2, 0) is 4.79 Å². The number of phenolic OH excluding ortho intramolecular Hbond substituents is 1. The molecule has 2 aromatic rings. The van der Waals surface area contributed by atoms with Crippen LogP contribution in [0.15, 0.2) is 36.4 Å². The first kappa shape index (κ1) is 22.3. The van der Waals surface area contributed by atoms with Gasteiger partial charge < -0.3 is 20.1 Å². The van der Waals surface area contributed by atoms with Crippen LogP contribution in [0.25, 0.3) is 0 Å². The Morgan fingerprint density at radius 1 is 0.958 bits per heavy atom. The highest BCUT2D eigenvalue weighted by Gasteiger charge is 2.08. The van der Waals surface area contributed by atoms with E-state index < -0.39 is 12.6 Å². The van der Waals surface area contributed by atoms with Gasteiger partial charge in [0, 0.05) is 16.1 Å². The number of aliphatic hydroxyl groups is 1. The molecule has 2 aromatic carbocycles. The summed E-state index contributed by atoms with van der Waals surface area (Å²) in [5, 5.41) is 37.9. The summed E-state index contributed by atoms with van der Waals surface area (Å²) in [6.07, 6.45) is 0. The number of carboxylic acids is 1. The molecule has 5 N–H and O–H groups in total. The molecule has 10 heteroatoms. The van der Waals surface area contributed by atoms with Gasteiger partial charge in [-0.2, -0.15) is 0 Å². The summed E-state index contributed by atoms with van der Waals surface area (Å²) in [6.45, 7) is -0.778. The van der Waals surface area contributed by atoms with Crippen molar-refractivity contribution in [3.63, 3.8) is 0 Å². The van der Waals surface area contributed by atoms with Gasteiger partial charge in [0.25, 0.3) is 0 Å². The van der Waals surface area contributed by atoms with Crippen molar-refractivity contribution in [2.45, 2.75) is 0 Å². The maximum absolute atomic E-state index is 9.62. The average molecular weight is 400 g/mol. The van der Waals surface area contributed by atoms with E-state index >= 15 is 0 Å². The Labute approximate surface area is 151 Å². The van der Waals surface area contributed by atoms with E-state index in [1.54, 1.807) is 30.3 Å². The van der Waals surface area contributed by atoms with E-state index in [2.05, 4.69) is 0 Å². The number of benzene rings is 2. The van der Waals surface area contributed by atoms with Gasteiger partial charge in [0.05, 0.1) is 5.02 Å². The van der Waals surface area contributed by atoms with Crippen molar-refractivity contribution in [1.82, 2.24) is 0 Å². The normalized spacial score (nSPS) is 9.08. The van der Waals surface area contributed by atoms with Crippen LogP contribution >= 0.6 is 34.8 Å². The van der Waals surface area contributed by atoms with E-state index in [1.165, 1.54) is 6.07 Å². The van der Waals surface area contributed by atoms with Crippen LogP contribution in [0.3, 0.4) is 0 Å². The van der Waals surface area contributed by atoms with Crippen LogP contribution in [0, 0.1) is 0 Å². The predicted molar refractivity (Wildman–Crippen MR) is 89.6 cm³/mol. The van der Waals surface area contributed by atoms with Crippen molar-refractivity contribution in [1.29, 1.82) is 0 Å². The van der Waals surface area contributed by atoms with Gasteiger partial charge in [0.1, 0.15) is 12.4 Å².